The van der Waals surface area contributed by atoms with Crippen LogP contribution in [0, 0.1) is 5.92 Å². The van der Waals surface area contributed by atoms with Gasteiger partial charge in [0.25, 0.3) is 0 Å². The Hall–Kier alpha value is 0.440. The van der Waals surface area contributed by atoms with Crippen LogP contribution in [0.2, 0.25) is 0 Å². The molecule has 1 heterocycles. The molecule has 0 bridgehead atoms. The van der Waals surface area contributed by atoms with E-state index in [1.807, 2.05) is 0 Å². The molecule has 0 spiro atoms. The Morgan fingerprint density at radius 1 is 1.27 bits per heavy atom. The molecule has 1 nitrogen and oxygen atoms in total. The smallest absolute Gasteiger partial charge is 0.0631 e. The summed E-state index contributed by atoms with van der Waals surface area (Å²) < 4.78 is 6.07. The summed E-state index contributed by atoms with van der Waals surface area (Å²) in [6, 6.07) is 0. The Kier molecular flexibility index (Phi) is 3.77. The van der Waals surface area contributed by atoms with E-state index < -0.39 is 0 Å². The van der Waals surface area contributed by atoms with E-state index >= 15 is 0 Å². The quantitative estimate of drug-likeness (QED) is 0.683. The molecule has 0 aromatic heterocycles. The Balaban J connectivity index is 1.77. The predicted octanol–water partition coefficient (Wildman–Crippen LogP) is 4.29. The number of halogens is 1. The summed E-state index contributed by atoms with van der Waals surface area (Å²) in [5, 5.41) is 0. The molecule has 88 valence electrons. The van der Waals surface area contributed by atoms with Gasteiger partial charge in [-0.2, -0.15) is 0 Å². The fraction of sp³-hybridized carbons (Fsp3) is 1.00. The third-order valence-corrected chi connectivity index (χ3v) is 4.70. The monoisotopic (exact) mass is 274 g/mol. The summed E-state index contributed by atoms with van der Waals surface area (Å²) in [5.41, 5.74) is 0.146. The van der Waals surface area contributed by atoms with Gasteiger partial charge in [0, 0.05) is 4.83 Å². The van der Waals surface area contributed by atoms with E-state index in [-0.39, 0.29) is 5.60 Å². The van der Waals surface area contributed by atoms with Gasteiger partial charge in [-0.25, -0.2) is 0 Å². The molecule has 2 heteroatoms. The third-order valence-electron chi connectivity index (χ3n) is 3.87. The first-order valence-corrected chi connectivity index (χ1v) is 7.29. The number of rotatable bonds is 2. The third kappa shape index (κ3) is 3.45. The van der Waals surface area contributed by atoms with Gasteiger partial charge < -0.3 is 4.74 Å². The second-order valence-electron chi connectivity index (χ2n) is 5.90. The number of hydrogen-bond acceptors (Lipinski definition) is 1. The molecule has 0 aromatic rings. The number of alkyl halides is 1. The van der Waals surface area contributed by atoms with E-state index in [0.29, 0.717) is 6.10 Å². The SMILES string of the molecule is CC1(C)CCC(CC2CCCC(Br)C2)O1. The van der Waals surface area contributed by atoms with Gasteiger partial charge in [0.1, 0.15) is 0 Å². The van der Waals surface area contributed by atoms with Crippen LogP contribution in [-0.2, 0) is 4.74 Å². The Labute approximate surface area is 102 Å². The van der Waals surface area contributed by atoms with Crippen LogP contribution < -0.4 is 0 Å². The van der Waals surface area contributed by atoms with Gasteiger partial charge in [-0.1, -0.05) is 28.8 Å². The van der Waals surface area contributed by atoms with Gasteiger partial charge in [-0.3, -0.25) is 0 Å². The highest BCUT2D eigenvalue weighted by Gasteiger charge is 2.33. The summed E-state index contributed by atoms with van der Waals surface area (Å²) in [6.45, 7) is 4.45. The van der Waals surface area contributed by atoms with Crippen LogP contribution in [0.15, 0.2) is 0 Å². The van der Waals surface area contributed by atoms with Crippen LogP contribution in [0.1, 0.15) is 58.8 Å². The van der Waals surface area contributed by atoms with Crippen LogP contribution in [0.3, 0.4) is 0 Å². The van der Waals surface area contributed by atoms with Crippen molar-refractivity contribution < 1.29 is 4.74 Å². The molecule has 2 rings (SSSR count). The lowest BCUT2D eigenvalue weighted by molar-refractivity contribution is -0.0262. The molecule has 0 amide bonds. The lowest BCUT2D eigenvalue weighted by Gasteiger charge is -2.28. The summed E-state index contributed by atoms with van der Waals surface area (Å²) in [7, 11) is 0. The molecule has 1 saturated carbocycles. The Morgan fingerprint density at radius 3 is 2.67 bits per heavy atom. The van der Waals surface area contributed by atoms with E-state index in [1.54, 1.807) is 0 Å². The molecule has 2 fully saturated rings. The number of hydrogen-bond donors (Lipinski definition) is 0. The fourth-order valence-corrected chi connectivity index (χ4v) is 3.91. The summed E-state index contributed by atoms with van der Waals surface area (Å²) >= 11 is 3.76. The van der Waals surface area contributed by atoms with E-state index in [1.165, 1.54) is 44.9 Å². The predicted molar refractivity (Wildman–Crippen MR) is 67.5 cm³/mol. The first-order valence-electron chi connectivity index (χ1n) is 6.37. The zero-order valence-electron chi connectivity index (χ0n) is 9.97. The molecule has 0 N–H and O–H groups in total. The van der Waals surface area contributed by atoms with E-state index in [4.69, 9.17) is 4.74 Å². The van der Waals surface area contributed by atoms with Gasteiger partial charge in [0.15, 0.2) is 0 Å². The minimum atomic E-state index is 0.146. The van der Waals surface area contributed by atoms with Crippen molar-refractivity contribution in [2.24, 2.45) is 5.92 Å². The van der Waals surface area contributed by atoms with Crippen molar-refractivity contribution in [3.8, 4) is 0 Å². The van der Waals surface area contributed by atoms with Crippen LogP contribution in [0.5, 0.6) is 0 Å². The highest BCUT2D eigenvalue weighted by atomic mass is 79.9. The highest BCUT2D eigenvalue weighted by Crippen LogP contribution is 2.37. The first kappa shape index (κ1) is 11.9. The van der Waals surface area contributed by atoms with Crippen molar-refractivity contribution in [1.82, 2.24) is 0 Å². The lowest BCUT2D eigenvalue weighted by atomic mass is 9.85. The number of ether oxygens (including phenoxy) is 1. The second kappa shape index (κ2) is 4.75. The lowest BCUT2D eigenvalue weighted by Crippen LogP contribution is -2.24. The van der Waals surface area contributed by atoms with Crippen molar-refractivity contribution in [1.29, 1.82) is 0 Å². The average molecular weight is 275 g/mol. The van der Waals surface area contributed by atoms with Crippen molar-refractivity contribution in [2.75, 3.05) is 0 Å². The highest BCUT2D eigenvalue weighted by molar-refractivity contribution is 9.09. The molecular formula is C13H23BrO. The van der Waals surface area contributed by atoms with Gasteiger partial charge in [-0.15, -0.1) is 0 Å². The van der Waals surface area contributed by atoms with Crippen LogP contribution in [0.25, 0.3) is 0 Å². The molecule has 3 unspecified atom stereocenters. The maximum Gasteiger partial charge on any atom is 0.0631 e. The van der Waals surface area contributed by atoms with Gasteiger partial charge in [-0.05, 0) is 51.9 Å². The average Bonchev–Trinajstić information content (AvgIpc) is 2.45. The Bertz CT molecular complexity index is 215. The van der Waals surface area contributed by atoms with Gasteiger partial charge >= 0.3 is 0 Å². The normalized spacial score (nSPS) is 40.6. The molecule has 2 aliphatic rings. The van der Waals surface area contributed by atoms with Gasteiger partial charge in [0.2, 0.25) is 0 Å². The summed E-state index contributed by atoms with van der Waals surface area (Å²) in [4.78, 5) is 0.769. The standard InChI is InChI=1S/C13H23BrO/c1-13(2)7-6-12(15-13)9-10-4-3-5-11(14)8-10/h10-12H,3-9H2,1-2H3. The molecule has 1 aliphatic carbocycles. The maximum absolute atomic E-state index is 6.07. The molecule has 1 saturated heterocycles. The van der Waals surface area contributed by atoms with Crippen LogP contribution >= 0.6 is 15.9 Å². The summed E-state index contributed by atoms with van der Waals surface area (Å²) in [5.74, 6) is 0.905. The zero-order valence-corrected chi connectivity index (χ0v) is 11.6. The van der Waals surface area contributed by atoms with Crippen molar-refractivity contribution in [3.05, 3.63) is 0 Å². The van der Waals surface area contributed by atoms with E-state index in [9.17, 15) is 0 Å². The van der Waals surface area contributed by atoms with Crippen LogP contribution in [-0.4, -0.2) is 16.5 Å². The fourth-order valence-electron chi connectivity index (χ4n) is 3.05. The topological polar surface area (TPSA) is 9.23 Å². The first-order chi connectivity index (χ1) is 7.05. The molecule has 15 heavy (non-hydrogen) atoms. The van der Waals surface area contributed by atoms with Crippen molar-refractivity contribution >= 4 is 15.9 Å². The minimum Gasteiger partial charge on any atom is -0.372 e. The minimum absolute atomic E-state index is 0.146. The van der Waals surface area contributed by atoms with Gasteiger partial charge in [0.05, 0.1) is 11.7 Å². The Morgan fingerprint density at radius 2 is 2.07 bits per heavy atom. The molecule has 1 aliphatic heterocycles. The second-order valence-corrected chi connectivity index (χ2v) is 7.20. The van der Waals surface area contributed by atoms with E-state index in [0.717, 1.165) is 10.7 Å². The van der Waals surface area contributed by atoms with Crippen molar-refractivity contribution in [2.45, 2.75) is 75.3 Å². The molecule has 0 radical (unpaired) electrons. The largest absolute Gasteiger partial charge is 0.372 e. The van der Waals surface area contributed by atoms with E-state index in [2.05, 4.69) is 29.8 Å². The summed E-state index contributed by atoms with van der Waals surface area (Å²) in [6.07, 6.45) is 9.90. The van der Waals surface area contributed by atoms with Crippen LogP contribution in [0.4, 0.5) is 0 Å². The maximum atomic E-state index is 6.07. The molecule has 3 atom stereocenters. The van der Waals surface area contributed by atoms with Crippen molar-refractivity contribution in [3.63, 3.8) is 0 Å². The zero-order chi connectivity index (χ0) is 10.9. The molecular weight excluding hydrogens is 252 g/mol. The molecule has 0 aromatic carbocycles.